The zero-order chi connectivity index (χ0) is 15.1. The number of pyridine rings is 1. The van der Waals surface area contributed by atoms with Gasteiger partial charge in [-0.3, -0.25) is 4.98 Å². The Kier molecular flexibility index (Phi) is 6.02. The van der Waals surface area contributed by atoms with Crippen LogP contribution in [0.25, 0.3) is 0 Å². The highest BCUT2D eigenvalue weighted by Crippen LogP contribution is 2.23. The summed E-state index contributed by atoms with van der Waals surface area (Å²) in [6, 6.07) is 9.57. The van der Waals surface area contributed by atoms with Crippen LogP contribution in [0.4, 0.5) is 10.1 Å². The second-order valence-corrected chi connectivity index (χ2v) is 5.92. The third kappa shape index (κ3) is 5.02. The van der Waals surface area contributed by atoms with Crippen molar-refractivity contribution in [3.63, 3.8) is 0 Å². The number of hydrogen-bond acceptors (Lipinski definition) is 4. The summed E-state index contributed by atoms with van der Waals surface area (Å²) in [5.74, 6) is 0.589. The first-order valence-electron chi connectivity index (χ1n) is 6.90. The van der Waals surface area contributed by atoms with E-state index < -0.39 is 0 Å². The van der Waals surface area contributed by atoms with Gasteiger partial charge in [-0.1, -0.05) is 0 Å². The van der Waals surface area contributed by atoms with Gasteiger partial charge in [0, 0.05) is 29.1 Å². The van der Waals surface area contributed by atoms with Gasteiger partial charge in [0.05, 0.1) is 12.2 Å². The van der Waals surface area contributed by atoms with E-state index in [-0.39, 0.29) is 18.5 Å². The van der Waals surface area contributed by atoms with E-state index in [4.69, 9.17) is 5.11 Å². The molecule has 0 saturated heterocycles. The van der Waals surface area contributed by atoms with Gasteiger partial charge in [0.2, 0.25) is 0 Å². The maximum atomic E-state index is 13.2. The first-order chi connectivity index (χ1) is 10.2. The van der Waals surface area contributed by atoms with Gasteiger partial charge in [-0.2, -0.15) is 0 Å². The van der Waals surface area contributed by atoms with Crippen molar-refractivity contribution in [2.45, 2.75) is 24.3 Å². The summed E-state index contributed by atoms with van der Waals surface area (Å²) in [5.41, 5.74) is 1.80. The Bertz CT molecular complexity index is 562. The van der Waals surface area contributed by atoms with E-state index in [1.807, 2.05) is 31.2 Å². The van der Waals surface area contributed by atoms with Gasteiger partial charge in [0.1, 0.15) is 5.82 Å². The number of halogens is 1. The molecule has 0 radical (unpaired) electrons. The van der Waals surface area contributed by atoms with Crippen LogP contribution >= 0.6 is 11.8 Å². The fraction of sp³-hybridized carbons (Fsp3) is 0.312. The molecule has 21 heavy (non-hydrogen) atoms. The molecule has 2 N–H and O–H groups in total. The third-order valence-corrected chi connectivity index (χ3v) is 4.13. The molecule has 0 fully saturated rings. The number of hydrogen-bond donors (Lipinski definition) is 2. The molecule has 0 spiro atoms. The molecule has 0 aliphatic carbocycles. The highest BCUT2D eigenvalue weighted by molar-refractivity contribution is 7.99. The van der Waals surface area contributed by atoms with Crippen LogP contribution in [0.2, 0.25) is 0 Å². The molecule has 1 aromatic heterocycles. The summed E-state index contributed by atoms with van der Waals surface area (Å²) in [4.78, 5) is 5.04. The van der Waals surface area contributed by atoms with Crippen molar-refractivity contribution in [2.75, 3.05) is 17.7 Å². The molecular weight excluding hydrogens is 287 g/mol. The second kappa shape index (κ2) is 8.00. The third-order valence-electron chi connectivity index (χ3n) is 3.03. The molecule has 2 rings (SSSR count). The van der Waals surface area contributed by atoms with Crippen LogP contribution in [-0.2, 0) is 0 Å². The Morgan fingerprint density at radius 1 is 1.29 bits per heavy atom. The molecule has 0 aliphatic heterocycles. The van der Waals surface area contributed by atoms with Crippen molar-refractivity contribution in [3.05, 3.63) is 54.1 Å². The van der Waals surface area contributed by atoms with Gasteiger partial charge in [0.25, 0.3) is 0 Å². The molecule has 0 aliphatic rings. The molecule has 0 saturated carbocycles. The lowest BCUT2D eigenvalue weighted by molar-refractivity contribution is 0.296. The van der Waals surface area contributed by atoms with Crippen LogP contribution < -0.4 is 5.32 Å². The van der Waals surface area contributed by atoms with E-state index in [9.17, 15) is 4.39 Å². The largest absolute Gasteiger partial charge is 0.396 e. The SMILES string of the molecule is CC(Nc1ccc(SCCCO)cc1)c1cncc(F)c1. The van der Waals surface area contributed by atoms with E-state index in [1.54, 1.807) is 18.0 Å². The minimum atomic E-state index is -0.322. The molecule has 1 atom stereocenters. The molecule has 0 amide bonds. The average molecular weight is 306 g/mol. The van der Waals surface area contributed by atoms with Gasteiger partial charge in [-0.15, -0.1) is 11.8 Å². The molecule has 1 heterocycles. The number of nitrogens with one attached hydrogen (secondary N) is 1. The van der Waals surface area contributed by atoms with E-state index in [0.29, 0.717) is 0 Å². The summed E-state index contributed by atoms with van der Waals surface area (Å²) in [6.45, 7) is 2.20. The van der Waals surface area contributed by atoms with Crippen molar-refractivity contribution in [1.82, 2.24) is 4.98 Å². The number of rotatable bonds is 7. The Hall–Kier alpha value is -1.59. The molecule has 5 heteroatoms. The predicted octanol–water partition coefficient (Wildman–Crippen LogP) is 3.87. The summed E-state index contributed by atoms with van der Waals surface area (Å²) >= 11 is 1.72. The number of nitrogens with zero attached hydrogens (tertiary/aromatic N) is 1. The molecule has 0 bridgehead atoms. The van der Waals surface area contributed by atoms with Crippen molar-refractivity contribution in [1.29, 1.82) is 0 Å². The number of benzene rings is 1. The lowest BCUT2D eigenvalue weighted by Gasteiger charge is -2.15. The quantitative estimate of drug-likeness (QED) is 0.602. The Balaban J connectivity index is 1.93. The Morgan fingerprint density at radius 2 is 2.05 bits per heavy atom. The lowest BCUT2D eigenvalue weighted by Crippen LogP contribution is -2.07. The Morgan fingerprint density at radius 3 is 2.71 bits per heavy atom. The monoisotopic (exact) mass is 306 g/mol. The van der Waals surface area contributed by atoms with Gasteiger partial charge in [-0.25, -0.2) is 4.39 Å². The summed E-state index contributed by atoms with van der Waals surface area (Å²) < 4.78 is 13.2. The van der Waals surface area contributed by atoms with Crippen molar-refractivity contribution >= 4 is 17.4 Å². The fourth-order valence-electron chi connectivity index (χ4n) is 1.90. The number of anilines is 1. The number of aliphatic hydroxyl groups is 1. The summed E-state index contributed by atoms with van der Waals surface area (Å²) in [6.07, 6.45) is 3.67. The van der Waals surface area contributed by atoms with Gasteiger partial charge in [0.15, 0.2) is 0 Å². The molecule has 2 aromatic rings. The maximum absolute atomic E-state index is 13.2. The summed E-state index contributed by atoms with van der Waals surface area (Å²) in [7, 11) is 0. The smallest absolute Gasteiger partial charge is 0.141 e. The standard InChI is InChI=1S/C16H19FN2OS/c1-12(13-9-14(17)11-18-10-13)19-15-3-5-16(6-4-15)21-8-2-7-20/h3-6,9-12,19-20H,2,7-8H2,1H3. The lowest BCUT2D eigenvalue weighted by atomic mass is 10.1. The van der Waals surface area contributed by atoms with Gasteiger partial charge < -0.3 is 10.4 Å². The van der Waals surface area contributed by atoms with Crippen LogP contribution in [0, 0.1) is 5.82 Å². The topological polar surface area (TPSA) is 45.1 Å². The number of aromatic nitrogens is 1. The maximum Gasteiger partial charge on any atom is 0.141 e. The summed E-state index contributed by atoms with van der Waals surface area (Å²) in [5, 5.41) is 12.1. The molecule has 3 nitrogen and oxygen atoms in total. The fourth-order valence-corrected chi connectivity index (χ4v) is 2.74. The zero-order valence-electron chi connectivity index (χ0n) is 11.9. The van der Waals surface area contributed by atoms with E-state index in [0.717, 1.165) is 23.4 Å². The predicted molar refractivity (Wildman–Crippen MR) is 85.1 cm³/mol. The van der Waals surface area contributed by atoms with Crippen LogP contribution in [0.15, 0.2) is 47.6 Å². The number of aliphatic hydroxyl groups excluding tert-OH is 1. The normalized spacial score (nSPS) is 12.1. The first-order valence-corrected chi connectivity index (χ1v) is 7.88. The number of thioether (sulfide) groups is 1. The van der Waals surface area contributed by atoms with Crippen molar-refractivity contribution in [3.8, 4) is 0 Å². The average Bonchev–Trinajstić information content (AvgIpc) is 2.49. The Labute approximate surface area is 128 Å². The molecular formula is C16H19FN2OS. The van der Waals surface area contributed by atoms with Gasteiger partial charge >= 0.3 is 0 Å². The van der Waals surface area contributed by atoms with Crippen LogP contribution in [0.3, 0.4) is 0 Å². The van der Waals surface area contributed by atoms with Crippen molar-refractivity contribution < 1.29 is 9.50 Å². The van der Waals surface area contributed by atoms with Crippen molar-refractivity contribution in [2.24, 2.45) is 0 Å². The van der Waals surface area contributed by atoms with Crippen LogP contribution in [0.1, 0.15) is 24.9 Å². The van der Waals surface area contributed by atoms with Gasteiger partial charge in [-0.05, 0) is 49.2 Å². The molecule has 112 valence electrons. The second-order valence-electron chi connectivity index (χ2n) is 4.75. The first kappa shape index (κ1) is 15.8. The minimum Gasteiger partial charge on any atom is -0.396 e. The van der Waals surface area contributed by atoms with E-state index in [1.165, 1.54) is 17.2 Å². The van der Waals surface area contributed by atoms with E-state index >= 15 is 0 Å². The molecule has 1 aromatic carbocycles. The molecule has 1 unspecified atom stereocenters. The highest BCUT2D eigenvalue weighted by atomic mass is 32.2. The van der Waals surface area contributed by atoms with Crippen LogP contribution in [0.5, 0.6) is 0 Å². The highest BCUT2D eigenvalue weighted by Gasteiger charge is 2.07. The van der Waals surface area contributed by atoms with Crippen LogP contribution in [-0.4, -0.2) is 22.5 Å². The minimum absolute atomic E-state index is 0.0129. The van der Waals surface area contributed by atoms with E-state index in [2.05, 4.69) is 10.3 Å². The zero-order valence-corrected chi connectivity index (χ0v) is 12.7.